The van der Waals surface area contributed by atoms with E-state index in [1.54, 1.807) is 0 Å². The molecule has 0 radical (unpaired) electrons. The van der Waals surface area contributed by atoms with Gasteiger partial charge in [0.15, 0.2) is 0 Å². The van der Waals surface area contributed by atoms with Gasteiger partial charge in [0.05, 0.1) is 18.8 Å². The van der Waals surface area contributed by atoms with Crippen LogP contribution in [0, 0.1) is 0 Å². The lowest BCUT2D eigenvalue weighted by atomic mass is 10.4. The van der Waals surface area contributed by atoms with E-state index in [-0.39, 0.29) is 0 Å². The standard InChI is InChI=1S/2C12H6S4/c2*1-2-7(13-4-1)9-6-10-12(16-9)11-8(15-10)3-5-14-11/h2*1-6H. The van der Waals surface area contributed by atoms with Crippen LogP contribution in [0.3, 0.4) is 0 Å². The Hall–Kier alpha value is -1.36. The van der Waals surface area contributed by atoms with E-state index >= 15 is 0 Å². The van der Waals surface area contributed by atoms with Crippen molar-refractivity contribution in [2.45, 2.75) is 0 Å². The van der Waals surface area contributed by atoms with Crippen LogP contribution in [0.2, 0.25) is 0 Å². The van der Waals surface area contributed by atoms with Gasteiger partial charge in [0.25, 0.3) is 0 Å². The summed E-state index contributed by atoms with van der Waals surface area (Å²) in [6.07, 6.45) is 0. The summed E-state index contributed by atoms with van der Waals surface area (Å²) in [4.78, 5) is 5.59. The Labute approximate surface area is 215 Å². The van der Waals surface area contributed by atoms with E-state index in [2.05, 4.69) is 70.1 Å². The highest BCUT2D eigenvalue weighted by Gasteiger charge is 2.13. The number of fused-ring (bicyclic) bond motifs is 6. The molecule has 0 saturated heterocycles. The predicted octanol–water partition coefficient (Wildman–Crippen LogP) is 11.8. The number of thiophene rings is 8. The Morgan fingerprint density at radius 2 is 0.875 bits per heavy atom. The van der Waals surface area contributed by atoms with E-state index in [4.69, 9.17) is 0 Å². The van der Waals surface area contributed by atoms with Gasteiger partial charge in [-0.15, -0.1) is 90.7 Å². The van der Waals surface area contributed by atoms with E-state index in [1.807, 2.05) is 90.7 Å². The van der Waals surface area contributed by atoms with E-state index in [1.165, 1.54) is 57.1 Å². The zero-order valence-corrected chi connectivity index (χ0v) is 22.7. The molecular formula is C24H12S8. The first kappa shape index (κ1) is 20.1. The summed E-state index contributed by atoms with van der Waals surface area (Å²) in [5.41, 5.74) is 0. The monoisotopic (exact) mass is 556 g/mol. The van der Waals surface area contributed by atoms with E-state index < -0.39 is 0 Å². The molecule has 8 aromatic heterocycles. The Morgan fingerprint density at radius 1 is 0.375 bits per heavy atom. The van der Waals surface area contributed by atoms with Gasteiger partial charge in [0, 0.05) is 38.3 Å². The van der Waals surface area contributed by atoms with Gasteiger partial charge >= 0.3 is 0 Å². The molecule has 0 aliphatic carbocycles. The highest BCUT2D eigenvalue weighted by atomic mass is 32.1. The highest BCUT2D eigenvalue weighted by molar-refractivity contribution is 7.40. The molecule has 8 heteroatoms. The van der Waals surface area contributed by atoms with Gasteiger partial charge in [-0.05, 0) is 57.9 Å². The average molecular weight is 557 g/mol. The van der Waals surface area contributed by atoms with Crippen molar-refractivity contribution in [2.24, 2.45) is 0 Å². The Balaban J connectivity index is 0.000000113. The van der Waals surface area contributed by atoms with Crippen molar-refractivity contribution >= 4 is 128 Å². The smallest absolute Gasteiger partial charge is 0.0636 e. The second-order valence-corrected chi connectivity index (χ2v) is 15.0. The molecule has 0 nitrogen and oxygen atoms in total. The van der Waals surface area contributed by atoms with Crippen LogP contribution in [0.25, 0.3) is 57.1 Å². The van der Waals surface area contributed by atoms with Crippen LogP contribution in [0.1, 0.15) is 0 Å². The maximum absolute atomic E-state index is 2.34. The van der Waals surface area contributed by atoms with E-state index in [9.17, 15) is 0 Å². The van der Waals surface area contributed by atoms with Gasteiger partial charge in [0.1, 0.15) is 0 Å². The van der Waals surface area contributed by atoms with E-state index in [0.29, 0.717) is 0 Å². The van der Waals surface area contributed by atoms with Crippen molar-refractivity contribution in [1.29, 1.82) is 0 Å². The average Bonchev–Trinajstić information content (AvgIpc) is 3.61. The number of hydrogen-bond acceptors (Lipinski definition) is 8. The van der Waals surface area contributed by atoms with E-state index in [0.717, 1.165) is 0 Å². The highest BCUT2D eigenvalue weighted by Crippen LogP contribution is 2.46. The molecule has 0 spiro atoms. The molecule has 8 aromatic rings. The van der Waals surface area contributed by atoms with Gasteiger partial charge in [0.2, 0.25) is 0 Å². The molecule has 0 amide bonds. The quantitative estimate of drug-likeness (QED) is 0.199. The minimum absolute atomic E-state index is 1.39. The van der Waals surface area contributed by atoms with Gasteiger partial charge < -0.3 is 0 Å². The van der Waals surface area contributed by atoms with Crippen molar-refractivity contribution in [1.82, 2.24) is 0 Å². The third-order valence-electron chi connectivity index (χ3n) is 5.03. The van der Waals surface area contributed by atoms with Gasteiger partial charge in [-0.25, -0.2) is 0 Å². The molecule has 32 heavy (non-hydrogen) atoms. The first-order valence-corrected chi connectivity index (χ1v) is 16.5. The zero-order chi connectivity index (χ0) is 21.1. The fourth-order valence-electron chi connectivity index (χ4n) is 3.62. The third-order valence-corrected chi connectivity index (χ3v) is 14.3. The summed E-state index contributed by atoms with van der Waals surface area (Å²) in [6, 6.07) is 17.8. The normalized spacial score (nSPS) is 11.8. The lowest BCUT2D eigenvalue weighted by molar-refractivity contribution is 1.97. The maximum Gasteiger partial charge on any atom is 0.0636 e. The summed E-state index contributed by atoms with van der Waals surface area (Å²) in [5, 5.41) is 8.66. The minimum atomic E-state index is 1.39. The third kappa shape index (κ3) is 3.36. The summed E-state index contributed by atoms with van der Waals surface area (Å²) < 4.78 is 11.6. The Kier molecular flexibility index (Phi) is 5.10. The van der Waals surface area contributed by atoms with Crippen molar-refractivity contribution in [3.05, 3.63) is 70.1 Å². The SMILES string of the molecule is c1csc(-c2cc3sc4ccsc4c3s2)c1.c1csc(-c2cc3sc4ccsc4c3s2)c1. The fourth-order valence-corrected chi connectivity index (χ4v) is 12.8. The summed E-state index contributed by atoms with van der Waals surface area (Å²) in [7, 11) is 0. The molecule has 0 aromatic carbocycles. The van der Waals surface area contributed by atoms with Gasteiger partial charge in [-0.2, -0.15) is 0 Å². The largest absolute Gasteiger partial charge is 0.143 e. The summed E-state index contributed by atoms with van der Waals surface area (Å²) in [5.74, 6) is 0. The summed E-state index contributed by atoms with van der Waals surface area (Å²) in [6.45, 7) is 0. The molecular weight excluding hydrogens is 545 g/mol. The summed E-state index contributed by atoms with van der Waals surface area (Å²) >= 11 is 15.0. The molecule has 0 N–H and O–H groups in total. The van der Waals surface area contributed by atoms with Crippen LogP contribution < -0.4 is 0 Å². The van der Waals surface area contributed by atoms with Crippen LogP contribution in [0.5, 0.6) is 0 Å². The molecule has 0 bridgehead atoms. The molecule has 0 fully saturated rings. The van der Waals surface area contributed by atoms with Crippen LogP contribution in [0.15, 0.2) is 70.1 Å². The molecule has 0 unspecified atom stereocenters. The maximum atomic E-state index is 2.34. The van der Waals surface area contributed by atoms with Crippen LogP contribution >= 0.6 is 90.7 Å². The molecule has 156 valence electrons. The lowest BCUT2D eigenvalue weighted by Gasteiger charge is -1.86. The van der Waals surface area contributed by atoms with Crippen LogP contribution in [0.4, 0.5) is 0 Å². The second-order valence-electron chi connectivity index (χ2n) is 6.99. The fraction of sp³-hybridized carbons (Fsp3) is 0. The van der Waals surface area contributed by atoms with Crippen molar-refractivity contribution < 1.29 is 0 Å². The van der Waals surface area contributed by atoms with Gasteiger partial charge in [-0.3, -0.25) is 0 Å². The van der Waals surface area contributed by atoms with Gasteiger partial charge in [-0.1, -0.05) is 12.1 Å². The Morgan fingerprint density at radius 3 is 1.31 bits per heavy atom. The lowest BCUT2D eigenvalue weighted by Crippen LogP contribution is -1.56. The molecule has 8 rings (SSSR count). The molecule has 0 aliphatic rings. The first-order valence-electron chi connectivity index (χ1n) is 9.70. The molecule has 0 saturated carbocycles. The van der Waals surface area contributed by atoms with Crippen molar-refractivity contribution in [3.8, 4) is 19.5 Å². The molecule has 0 atom stereocenters. The first-order chi connectivity index (χ1) is 15.8. The second kappa shape index (κ2) is 8.14. The predicted molar refractivity (Wildman–Crippen MR) is 157 cm³/mol. The molecule has 8 heterocycles. The Bertz CT molecular complexity index is 1640. The van der Waals surface area contributed by atoms with Crippen LogP contribution in [-0.4, -0.2) is 0 Å². The van der Waals surface area contributed by atoms with Crippen LogP contribution in [-0.2, 0) is 0 Å². The topological polar surface area (TPSA) is 0 Å². The van der Waals surface area contributed by atoms with Crippen molar-refractivity contribution in [3.63, 3.8) is 0 Å². The van der Waals surface area contributed by atoms with Crippen molar-refractivity contribution in [2.75, 3.05) is 0 Å². The minimum Gasteiger partial charge on any atom is -0.143 e. The molecule has 0 aliphatic heterocycles. The number of rotatable bonds is 2. The number of hydrogen-bond donors (Lipinski definition) is 0. The zero-order valence-electron chi connectivity index (χ0n) is 16.2.